The van der Waals surface area contributed by atoms with Crippen LogP contribution in [0, 0.1) is 0 Å². The Hall–Kier alpha value is 0.170. The van der Waals surface area contributed by atoms with Crippen LogP contribution in [0.1, 0.15) is 48.0 Å². The van der Waals surface area contributed by atoms with Crippen LogP contribution in [0.5, 0.6) is 0 Å². The summed E-state index contributed by atoms with van der Waals surface area (Å²) in [6.07, 6.45) is 2.03. The number of amides is 1. The van der Waals surface area contributed by atoms with E-state index in [1.165, 1.54) is 16.1 Å². The SMILES string of the molecule is CSC(C)=NOC(=O)N(C)SN(C(C)C)P1(=S)OC(C)CC(C)(C)O1. The smallest absolute Gasteiger partial charge is 0.314 e. The van der Waals surface area contributed by atoms with Gasteiger partial charge in [-0.3, -0.25) is 4.84 Å². The number of carbonyl (C=O) groups excluding carboxylic acids is 1. The number of hydrogen-bond donors (Lipinski definition) is 0. The first-order chi connectivity index (χ1) is 11.4. The van der Waals surface area contributed by atoms with Gasteiger partial charge in [0.15, 0.2) is 0 Å². The van der Waals surface area contributed by atoms with E-state index in [4.69, 9.17) is 25.7 Å². The summed E-state index contributed by atoms with van der Waals surface area (Å²) < 4.78 is 15.4. The van der Waals surface area contributed by atoms with E-state index in [2.05, 4.69) is 5.16 Å². The molecule has 25 heavy (non-hydrogen) atoms. The lowest BCUT2D eigenvalue weighted by Gasteiger charge is -2.46. The predicted octanol–water partition coefficient (Wildman–Crippen LogP) is 4.85. The molecule has 0 radical (unpaired) electrons. The number of thioether (sulfide) groups is 1. The van der Waals surface area contributed by atoms with E-state index in [0.717, 1.165) is 18.6 Å². The third-order valence-electron chi connectivity index (χ3n) is 3.15. The fourth-order valence-corrected chi connectivity index (χ4v) is 7.64. The second-order valence-electron chi connectivity index (χ2n) is 6.59. The minimum atomic E-state index is -2.75. The molecule has 1 saturated heterocycles. The van der Waals surface area contributed by atoms with Crippen molar-refractivity contribution >= 4 is 53.5 Å². The van der Waals surface area contributed by atoms with Gasteiger partial charge in [-0.25, -0.2) is 9.10 Å². The normalized spacial score (nSPS) is 26.8. The number of hydrogen-bond acceptors (Lipinski definition) is 8. The molecule has 0 bridgehead atoms. The molecule has 11 heteroatoms. The van der Waals surface area contributed by atoms with Crippen molar-refractivity contribution in [2.24, 2.45) is 5.16 Å². The van der Waals surface area contributed by atoms with E-state index >= 15 is 0 Å². The number of carbonyl (C=O) groups is 1. The van der Waals surface area contributed by atoms with Crippen molar-refractivity contribution in [1.82, 2.24) is 8.38 Å². The zero-order valence-electron chi connectivity index (χ0n) is 16.0. The largest absolute Gasteiger partial charge is 0.446 e. The molecule has 2 atom stereocenters. The van der Waals surface area contributed by atoms with Gasteiger partial charge in [0.1, 0.15) is 5.04 Å². The average Bonchev–Trinajstić information content (AvgIpc) is 2.46. The maximum atomic E-state index is 12.1. The van der Waals surface area contributed by atoms with Gasteiger partial charge in [-0.15, -0.1) is 11.8 Å². The highest BCUT2D eigenvalue weighted by molar-refractivity contribution is 8.15. The maximum absolute atomic E-state index is 12.1. The Morgan fingerprint density at radius 1 is 1.48 bits per heavy atom. The van der Waals surface area contributed by atoms with Crippen molar-refractivity contribution < 1.29 is 18.7 Å². The zero-order chi connectivity index (χ0) is 19.4. The van der Waals surface area contributed by atoms with Crippen LogP contribution < -0.4 is 0 Å². The average molecular weight is 430 g/mol. The molecule has 146 valence electrons. The maximum Gasteiger partial charge on any atom is 0.446 e. The van der Waals surface area contributed by atoms with Gasteiger partial charge in [0.2, 0.25) is 0 Å². The van der Waals surface area contributed by atoms with Crippen molar-refractivity contribution in [3.05, 3.63) is 0 Å². The fourth-order valence-electron chi connectivity index (χ4n) is 2.19. The predicted molar refractivity (Wildman–Crippen MR) is 110 cm³/mol. The highest BCUT2D eigenvalue weighted by Crippen LogP contribution is 2.63. The van der Waals surface area contributed by atoms with Crippen LogP contribution in [0.15, 0.2) is 5.16 Å². The molecule has 1 aliphatic rings. The lowest BCUT2D eigenvalue weighted by atomic mass is 10.0. The van der Waals surface area contributed by atoms with Crippen molar-refractivity contribution in [3.8, 4) is 0 Å². The van der Waals surface area contributed by atoms with Gasteiger partial charge < -0.3 is 9.05 Å². The first-order valence-corrected chi connectivity index (χ1v) is 12.4. The first-order valence-electron chi connectivity index (χ1n) is 7.90. The third kappa shape index (κ3) is 7.01. The van der Waals surface area contributed by atoms with Crippen LogP contribution >= 0.6 is 30.5 Å². The number of nitrogens with zero attached hydrogens (tertiary/aromatic N) is 3. The van der Waals surface area contributed by atoms with Crippen LogP contribution in [0.3, 0.4) is 0 Å². The Balaban J connectivity index is 2.90. The molecule has 0 aromatic carbocycles. The van der Waals surface area contributed by atoms with Gasteiger partial charge in [0.05, 0.1) is 23.8 Å². The molecule has 0 aliphatic carbocycles. The van der Waals surface area contributed by atoms with Crippen LogP contribution in [-0.4, -0.2) is 50.6 Å². The molecule has 1 fully saturated rings. The molecule has 1 rings (SSSR count). The summed E-state index contributed by atoms with van der Waals surface area (Å²) in [6, 6.07) is 0.00335. The lowest BCUT2D eigenvalue weighted by Crippen LogP contribution is -2.40. The number of rotatable bonds is 5. The molecule has 1 aliphatic heterocycles. The van der Waals surface area contributed by atoms with Crippen molar-refractivity contribution in [3.63, 3.8) is 0 Å². The van der Waals surface area contributed by atoms with Gasteiger partial charge in [0, 0.05) is 19.5 Å². The molecular formula is C14H28N3O4PS3. The molecule has 2 unspecified atom stereocenters. The first kappa shape index (κ1) is 23.2. The van der Waals surface area contributed by atoms with Gasteiger partial charge >= 0.3 is 6.09 Å². The Bertz CT molecular complexity index is 559. The monoisotopic (exact) mass is 429 g/mol. The van der Waals surface area contributed by atoms with Crippen molar-refractivity contribution in [1.29, 1.82) is 0 Å². The zero-order valence-corrected chi connectivity index (χ0v) is 19.4. The summed E-state index contributed by atoms with van der Waals surface area (Å²) in [5.74, 6) is 0. The molecule has 0 aromatic heterocycles. The highest BCUT2D eigenvalue weighted by atomic mass is 32.5. The lowest BCUT2D eigenvalue weighted by molar-refractivity contribution is -0.00667. The molecular weight excluding hydrogens is 401 g/mol. The second-order valence-corrected chi connectivity index (χ2v) is 12.1. The topological polar surface area (TPSA) is 63.6 Å². The Kier molecular flexibility index (Phi) is 8.72. The van der Waals surface area contributed by atoms with Crippen LogP contribution in [0.4, 0.5) is 4.79 Å². The minimum absolute atomic E-state index is 0.00335. The van der Waals surface area contributed by atoms with Crippen LogP contribution in [0.25, 0.3) is 0 Å². The van der Waals surface area contributed by atoms with Gasteiger partial charge in [-0.1, -0.05) is 5.16 Å². The van der Waals surface area contributed by atoms with Gasteiger partial charge in [-0.2, -0.15) is 4.08 Å². The number of oxime groups is 1. The van der Waals surface area contributed by atoms with E-state index in [-0.39, 0.29) is 17.7 Å². The summed E-state index contributed by atoms with van der Waals surface area (Å²) in [4.78, 5) is 17.1. The molecule has 0 saturated carbocycles. The summed E-state index contributed by atoms with van der Waals surface area (Å²) in [6.45, 7) is 8.98. The standard InChI is InChI=1S/C14H28N3O4PS3/c1-10(2)17(22(23)20-11(3)9-14(5,6)21-22)25-16(7)13(18)19-15-12(4)24-8/h10-11H,9H2,1-8H3. The van der Waals surface area contributed by atoms with E-state index in [1.807, 2.05) is 45.0 Å². The highest BCUT2D eigenvalue weighted by Gasteiger charge is 2.44. The quantitative estimate of drug-likeness (QED) is 0.153. The van der Waals surface area contributed by atoms with Crippen molar-refractivity contribution in [2.75, 3.05) is 13.3 Å². The summed E-state index contributed by atoms with van der Waals surface area (Å²) in [5.41, 5.74) is -0.375. The summed E-state index contributed by atoms with van der Waals surface area (Å²) in [7, 11) is 1.60. The molecule has 0 N–H and O–H groups in total. The summed E-state index contributed by atoms with van der Waals surface area (Å²) >= 11 is 8.31. The molecule has 0 spiro atoms. The van der Waals surface area contributed by atoms with Gasteiger partial charge in [-0.05, 0) is 59.6 Å². The van der Waals surface area contributed by atoms with E-state index in [0.29, 0.717) is 5.04 Å². The third-order valence-corrected chi connectivity index (χ3v) is 9.28. The molecule has 1 heterocycles. The van der Waals surface area contributed by atoms with E-state index in [1.54, 1.807) is 14.0 Å². The molecule has 0 aromatic rings. The Morgan fingerprint density at radius 2 is 2.08 bits per heavy atom. The second kappa shape index (κ2) is 9.39. The summed E-state index contributed by atoms with van der Waals surface area (Å²) in [5, 5.41) is 4.42. The Labute approximate surface area is 164 Å². The van der Waals surface area contributed by atoms with E-state index < -0.39 is 12.7 Å². The Morgan fingerprint density at radius 3 is 2.56 bits per heavy atom. The van der Waals surface area contributed by atoms with E-state index in [9.17, 15) is 4.79 Å². The van der Waals surface area contributed by atoms with Crippen molar-refractivity contribution in [2.45, 2.75) is 65.7 Å². The van der Waals surface area contributed by atoms with Gasteiger partial charge in [0.25, 0.3) is 6.64 Å². The molecule has 7 nitrogen and oxygen atoms in total. The fraction of sp³-hybridized carbons (Fsp3) is 0.857. The van der Waals surface area contributed by atoms with Crippen LogP contribution in [0.2, 0.25) is 0 Å². The minimum Gasteiger partial charge on any atom is -0.314 e. The van der Waals surface area contributed by atoms with Crippen LogP contribution in [-0.2, 0) is 25.7 Å². The molecule has 1 amide bonds.